The standard InChI is InChI=1S/C39H36Cl2F2N6O7/c1-23(25-3-9-35(33(42)19-25)44-11-15-46(16-12-44)38(51)29-21-27(48(53)54)5-7-31(29)40)37(50)24(2)26-4-10-36(34(43)20-26)45-13-17-47(18-14-45)39(52)30-22-28(49(55)56)6-8-32(30)41/h3-10,19-24H,11-18H2,1-2H3. The molecule has 56 heavy (non-hydrogen) atoms. The second-order valence-corrected chi connectivity index (χ2v) is 14.5. The van der Waals surface area contributed by atoms with E-state index >= 15 is 8.78 Å². The van der Waals surface area contributed by atoms with E-state index in [4.69, 9.17) is 23.2 Å². The smallest absolute Gasteiger partial charge is 0.270 e. The Kier molecular flexibility index (Phi) is 11.9. The monoisotopic (exact) mass is 808 g/mol. The molecule has 6 rings (SSSR count). The summed E-state index contributed by atoms with van der Waals surface area (Å²) in [5.74, 6) is -3.65. The summed E-state index contributed by atoms with van der Waals surface area (Å²) in [4.78, 5) is 67.5. The van der Waals surface area contributed by atoms with E-state index in [-0.39, 0.29) is 64.5 Å². The van der Waals surface area contributed by atoms with Gasteiger partial charge in [0.15, 0.2) is 0 Å². The second-order valence-electron chi connectivity index (χ2n) is 13.7. The highest BCUT2D eigenvalue weighted by atomic mass is 35.5. The fourth-order valence-corrected chi connectivity index (χ4v) is 7.42. The fourth-order valence-electron chi connectivity index (χ4n) is 7.02. The van der Waals surface area contributed by atoms with Crippen LogP contribution in [0.15, 0.2) is 72.8 Å². The van der Waals surface area contributed by atoms with Crippen molar-refractivity contribution in [3.63, 3.8) is 0 Å². The zero-order valence-electron chi connectivity index (χ0n) is 30.3. The van der Waals surface area contributed by atoms with Crippen molar-refractivity contribution >= 4 is 63.5 Å². The third kappa shape index (κ3) is 8.28. The van der Waals surface area contributed by atoms with Crippen molar-refractivity contribution in [3.8, 4) is 0 Å². The summed E-state index contributed by atoms with van der Waals surface area (Å²) in [5.41, 5.74) is 1.05. The van der Waals surface area contributed by atoms with Gasteiger partial charge in [0.2, 0.25) is 0 Å². The molecule has 0 aromatic heterocycles. The molecule has 4 aromatic carbocycles. The number of anilines is 2. The molecule has 0 bridgehead atoms. The number of rotatable bonds is 10. The molecule has 0 N–H and O–H groups in total. The van der Waals surface area contributed by atoms with Crippen LogP contribution in [0.25, 0.3) is 0 Å². The Morgan fingerprint density at radius 2 is 0.946 bits per heavy atom. The summed E-state index contributed by atoms with van der Waals surface area (Å²) < 4.78 is 31.1. The van der Waals surface area contributed by atoms with E-state index in [1.165, 1.54) is 46.2 Å². The first-order valence-electron chi connectivity index (χ1n) is 17.7. The van der Waals surface area contributed by atoms with Gasteiger partial charge in [0, 0.05) is 88.5 Å². The summed E-state index contributed by atoms with van der Waals surface area (Å²) in [5, 5.41) is 22.6. The summed E-state index contributed by atoms with van der Waals surface area (Å²) in [7, 11) is 0. The van der Waals surface area contributed by atoms with Crippen LogP contribution in [0.2, 0.25) is 10.0 Å². The van der Waals surface area contributed by atoms with Crippen molar-refractivity contribution in [2.24, 2.45) is 0 Å². The number of carbonyl (C=O) groups excluding carboxylic acids is 3. The average Bonchev–Trinajstić information content (AvgIpc) is 3.19. The number of carbonyl (C=O) groups is 3. The lowest BCUT2D eigenvalue weighted by molar-refractivity contribution is -0.385. The van der Waals surface area contributed by atoms with Crippen LogP contribution in [0.1, 0.15) is 57.5 Å². The predicted octanol–water partition coefficient (Wildman–Crippen LogP) is 7.49. The molecular weight excluding hydrogens is 773 g/mol. The third-order valence-electron chi connectivity index (χ3n) is 10.4. The van der Waals surface area contributed by atoms with E-state index in [0.29, 0.717) is 48.7 Å². The van der Waals surface area contributed by atoms with Gasteiger partial charge in [0.1, 0.15) is 17.4 Å². The fraction of sp³-hybridized carbons (Fsp3) is 0.308. The van der Waals surface area contributed by atoms with Crippen molar-refractivity contribution in [3.05, 3.63) is 137 Å². The Balaban J connectivity index is 1.05. The first-order valence-corrected chi connectivity index (χ1v) is 18.5. The first-order chi connectivity index (χ1) is 26.6. The number of non-ortho nitro benzene ring substituents is 2. The number of benzene rings is 4. The Labute approximate surface area is 330 Å². The molecule has 0 radical (unpaired) electrons. The van der Waals surface area contributed by atoms with Crippen LogP contribution >= 0.6 is 23.2 Å². The lowest BCUT2D eigenvalue weighted by atomic mass is 9.85. The summed E-state index contributed by atoms with van der Waals surface area (Å²) in [6.45, 7) is 5.45. The second kappa shape index (κ2) is 16.6. The molecule has 4 aromatic rings. The summed E-state index contributed by atoms with van der Waals surface area (Å²) in [6, 6.07) is 16.5. The van der Waals surface area contributed by atoms with E-state index < -0.39 is 45.1 Å². The van der Waals surface area contributed by atoms with Gasteiger partial charge in [-0.25, -0.2) is 8.78 Å². The van der Waals surface area contributed by atoms with Gasteiger partial charge < -0.3 is 19.6 Å². The zero-order chi connectivity index (χ0) is 40.4. The lowest BCUT2D eigenvalue weighted by Crippen LogP contribution is -2.49. The highest BCUT2D eigenvalue weighted by Gasteiger charge is 2.30. The van der Waals surface area contributed by atoms with Gasteiger partial charge in [-0.3, -0.25) is 34.6 Å². The van der Waals surface area contributed by atoms with Crippen LogP contribution in [0.5, 0.6) is 0 Å². The third-order valence-corrected chi connectivity index (χ3v) is 11.1. The molecule has 292 valence electrons. The Bertz CT molecular complexity index is 2080. The lowest BCUT2D eigenvalue weighted by Gasteiger charge is -2.36. The molecule has 2 amide bonds. The molecular formula is C39H36Cl2F2N6O7. The molecule has 2 fully saturated rings. The maximum Gasteiger partial charge on any atom is 0.270 e. The van der Waals surface area contributed by atoms with Crippen LogP contribution in [-0.4, -0.2) is 89.6 Å². The van der Waals surface area contributed by atoms with Crippen molar-refractivity contribution in [1.82, 2.24) is 9.80 Å². The van der Waals surface area contributed by atoms with Gasteiger partial charge in [-0.05, 0) is 47.5 Å². The van der Waals surface area contributed by atoms with Crippen molar-refractivity contribution in [2.45, 2.75) is 25.7 Å². The van der Waals surface area contributed by atoms with Gasteiger partial charge >= 0.3 is 0 Å². The number of ketones is 1. The normalized spacial score (nSPS) is 15.7. The molecule has 2 unspecified atom stereocenters. The number of halogens is 4. The van der Waals surface area contributed by atoms with Gasteiger partial charge in [0.05, 0.1) is 42.4 Å². The number of piperazine rings is 2. The molecule has 0 aliphatic carbocycles. The highest BCUT2D eigenvalue weighted by molar-refractivity contribution is 6.34. The van der Waals surface area contributed by atoms with Gasteiger partial charge in [-0.2, -0.15) is 0 Å². The van der Waals surface area contributed by atoms with Gasteiger partial charge in [-0.15, -0.1) is 0 Å². The molecule has 2 atom stereocenters. The van der Waals surface area contributed by atoms with E-state index in [2.05, 4.69) is 0 Å². The Morgan fingerprint density at radius 3 is 1.27 bits per heavy atom. The van der Waals surface area contributed by atoms with Crippen molar-refractivity contribution in [1.29, 1.82) is 0 Å². The number of Topliss-reactive ketones (excluding diaryl/α,β-unsaturated/α-hetero) is 1. The quantitative estimate of drug-likeness (QED) is 0.117. The molecule has 2 heterocycles. The molecule has 2 saturated heterocycles. The van der Waals surface area contributed by atoms with E-state index in [1.807, 2.05) is 0 Å². The van der Waals surface area contributed by atoms with E-state index in [9.17, 15) is 34.6 Å². The number of nitro groups is 2. The van der Waals surface area contributed by atoms with Gasteiger partial charge in [-0.1, -0.05) is 49.2 Å². The number of hydrogen-bond donors (Lipinski definition) is 0. The molecule has 2 aliphatic rings. The van der Waals surface area contributed by atoms with Crippen molar-refractivity contribution < 1.29 is 33.0 Å². The number of nitro benzene ring substituents is 2. The minimum Gasteiger partial charge on any atom is -0.366 e. The van der Waals surface area contributed by atoms with E-state index in [1.54, 1.807) is 47.9 Å². The molecule has 13 nitrogen and oxygen atoms in total. The first kappa shape index (κ1) is 40.0. The molecule has 2 aliphatic heterocycles. The van der Waals surface area contributed by atoms with Crippen LogP contribution in [-0.2, 0) is 4.79 Å². The zero-order valence-corrected chi connectivity index (χ0v) is 31.8. The van der Waals surface area contributed by atoms with Gasteiger partial charge in [0.25, 0.3) is 23.2 Å². The van der Waals surface area contributed by atoms with Crippen LogP contribution in [0, 0.1) is 31.9 Å². The summed E-state index contributed by atoms with van der Waals surface area (Å²) >= 11 is 12.3. The predicted molar refractivity (Wildman–Crippen MR) is 207 cm³/mol. The molecule has 0 saturated carbocycles. The number of amides is 2. The molecule has 0 spiro atoms. The SMILES string of the molecule is CC(C(=O)C(C)c1ccc(N2CCN(C(=O)c3cc([N+](=O)[O-])ccc3Cl)CC2)c(F)c1)c1ccc(N2CCN(C(=O)c3cc([N+](=O)[O-])ccc3Cl)CC2)c(F)c1. The highest BCUT2D eigenvalue weighted by Crippen LogP contribution is 2.33. The Hall–Kier alpha value is -5.67. The van der Waals surface area contributed by atoms with Crippen molar-refractivity contribution in [2.75, 3.05) is 62.2 Å². The van der Waals surface area contributed by atoms with Crippen LogP contribution in [0.3, 0.4) is 0 Å². The maximum atomic E-state index is 15.5. The minimum atomic E-state index is -0.712. The number of hydrogen-bond acceptors (Lipinski definition) is 9. The number of nitrogens with zero attached hydrogens (tertiary/aromatic N) is 6. The Morgan fingerprint density at radius 1 is 0.589 bits per heavy atom. The maximum absolute atomic E-state index is 15.5. The summed E-state index contributed by atoms with van der Waals surface area (Å²) in [6.07, 6.45) is 0. The average molecular weight is 810 g/mol. The largest absolute Gasteiger partial charge is 0.366 e. The van der Waals surface area contributed by atoms with E-state index in [0.717, 1.165) is 12.1 Å². The molecule has 17 heteroatoms. The minimum absolute atomic E-state index is 0.0222. The van der Waals surface area contributed by atoms with Crippen LogP contribution in [0.4, 0.5) is 31.5 Å². The van der Waals surface area contributed by atoms with Crippen LogP contribution < -0.4 is 9.80 Å². The topological polar surface area (TPSA) is 150 Å².